The fraction of sp³-hybridized carbons (Fsp3) is 0.462. The van der Waals surface area contributed by atoms with Crippen LogP contribution in [-0.4, -0.2) is 71.7 Å². The molecule has 0 radical (unpaired) electrons. The van der Waals surface area contributed by atoms with Crippen LogP contribution >= 0.6 is 10.5 Å². The molecule has 1 aromatic carbocycles. The lowest BCUT2D eigenvalue weighted by molar-refractivity contribution is 0.0700. The molecule has 39 heavy (non-hydrogen) atoms. The number of aromatic amines is 1. The lowest BCUT2D eigenvalue weighted by Gasteiger charge is -2.30. The Bertz CT molecular complexity index is 1370. The van der Waals surface area contributed by atoms with Crippen molar-refractivity contribution in [2.75, 3.05) is 44.6 Å². The monoisotopic (exact) mass is 559 g/mol. The average molecular weight is 560 g/mol. The third-order valence-electron chi connectivity index (χ3n) is 6.49. The van der Waals surface area contributed by atoms with E-state index in [0.29, 0.717) is 82.5 Å². The van der Waals surface area contributed by atoms with Crippen LogP contribution < -0.4 is 29.2 Å². The third-order valence-corrected chi connectivity index (χ3v) is 8.70. The van der Waals surface area contributed by atoms with Crippen LogP contribution in [0.15, 0.2) is 23.2 Å². The molecule has 1 saturated heterocycles. The Hall–Kier alpha value is -3.84. The van der Waals surface area contributed by atoms with E-state index in [0.717, 1.165) is 5.56 Å². The number of aromatic carboxylic acids is 1. The Morgan fingerprint density at radius 3 is 2.38 bits per heavy atom. The molecule has 2 aromatic heterocycles. The van der Waals surface area contributed by atoms with Crippen LogP contribution in [0.4, 0.5) is 17.6 Å². The molecule has 4 N–H and O–H groups in total. The average Bonchev–Trinajstić information content (AvgIpc) is 3.25. The van der Waals surface area contributed by atoms with Gasteiger partial charge in [-0.3, -0.25) is 4.98 Å². The number of rotatable bonds is 10. The number of thiazole rings is 1. The summed E-state index contributed by atoms with van der Waals surface area (Å²) in [7, 11) is 3.99. The van der Waals surface area contributed by atoms with Gasteiger partial charge < -0.3 is 34.6 Å². The molecule has 3 heterocycles. The number of H-pyrrole nitrogens is 1. The van der Waals surface area contributed by atoms with Gasteiger partial charge in [0.15, 0.2) is 11.5 Å². The van der Waals surface area contributed by atoms with Crippen molar-refractivity contribution in [2.45, 2.75) is 45.1 Å². The Balaban J connectivity index is 1.72. The van der Waals surface area contributed by atoms with E-state index in [1.54, 1.807) is 28.3 Å². The van der Waals surface area contributed by atoms with E-state index in [9.17, 15) is 15.0 Å². The van der Waals surface area contributed by atoms with Crippen molar-refractivity contribution in [3.63, 3.8) is 0 Å². The summed E-state index contributed by atoms with van der Waals surface area (Å²) in [6, 6.07) is 5.58. The number of carbonyl (C=O) groups is 1. The zero-order valence-electron chi connectivity index (χ0n) is 22.8. The fourth-order valence-electron chi connectivity index (χ4n) is 4.53. The predicted molar refractivity (Wildman–Crippen MR) is 149 cm³/mol. The van der Waals surface area contributed by atoms with Gasteiger partial charge in [-0.2, -0.15) is 9.97 Å². The zero-order valence-corrected chi connectivity index (χ0v) is 23.6. The maximum Gasteiger partial charge on any atom is 0.391 e. The number of hydrogen-bond acceptors (Lipinski definition) is 10. The number of carboxylic acids is 1. The minimum absolute atomic E-state index is 0.221. The largest absolute Gasteiger partial charge is 0.493 e. The summed E-state index contributed by atoms with van der Waals surface area (Å²) in [5.41, 5.74) is 1.46. The van der Waals surface area contributed by atoms with E-state index in [-0.39, 0.29) is 12.1 Å². The second kappa shape index (κ2) is 12.3. The van der Waals surface area contributed by atoms with Crippen LogP contribution in [0, 0.1) is 6.92 Å². The van der Waals surface area contributed by atoms with Crippen molar-refractivity contribution in [1.82, 2.24) is 15.0 Å². The standard InChI is InChI=1S/C26H34N6O6S/c1-6-39-23(24(34)35)15(2)28-26(39)31-25-29-20(13-21(30-25)32-9-7-17(33)8-10-32)27-14-16-11-18(36-3)22(38-5)19(12-16)37-4/h11-13,17,33H,6-10,14H2,1-5H3,(H2-,27,28,29,30,31,34,35)/p+1. The molecule has 1 fully saturated rings. The number of nitrogens with zero attached hydrogens (tertiary/aromatic N) is 4. The molecule has 210 valence electrons. The number of piperidine rings is 1. The maximum atomic E-state index is 11.8. The number of ether oxygens (including phenoxy) is 3. The second-order valence-electron chi connectivity index (χ2n) is 9.00. The first kappa shape index (κ1) is 28.2. The summed E-state index contributed by atoms with van der Waals surface area (Å²) < 4.78 is 16.4. The van der Waals surface area contributed by atoms with E-state index in [4.69, 9.17) is 14.2 Å². The fourth-order valence-corrected chi connectivity index (χ4v) is 6.39. The Labute approximate surface area is 229 Å². The third kappa shape index (κ3) is 6.25. The first-order valence-corrected chi connectivity index (χ1v) is 14.0. The summed E-state index contributed by atoms with van der Waals surface area (Å²) >= 11 is 0. The van der Waals surface area contributed by atoms with E-state index in [2.05, 4.69) is 30.2 Å². The van der Waals surface area contributed by atoms with Crippen molar-refractivity contribution >= 4 is 34.0 Å². The van der Waals surface area contributed by atoms with Gasteiger partial charge in [0.2, 0.25) is 5.75 Å². The molecular weight excluding hydrogens is 524 g/mol. The van der Waals surface area contributed by atoms with Crippen LogP contribution in [0.25, 0.3) is 0 Å². The Morgan fingerprint density at radius 2 is 1.82 bits per heavy atom. The molecule has 0 bridgehead atoms. The van der Waals surface area contributed by atoms with Crippen LogP contribution in [0.5, 0.6) is 17.2 Å². The minimum atomic E-state index is -0.954. The van der Waals surface area contributed by atoms with Gasteiger partial charge in [0.1, 0.15) is 17.4 Å². The SMILES string of the molecule is CC[s+]1c(C(=O)O)c(C)[nH]c1=Nc1nc(NCc2cc(OC)c(OC)c(OC)c2)cc(N2CCC(O)CC2)n1. The topological polar surface area (TPSA) is 154 Å². The van der Waals surface area contributed by atoms with E-state index < -0.39 is 16.4 Å². The normalized spacial score (nSPS) is 14.9. The predicted octanol–water partition coefficient (Wildman–Crippen LogP) is 3.41. The van der Waals surface area contributed by atoms with Crippen molar-refractivity contribution < 1.29 is 29.2 Å². The first-order valence-electron chi connectivity index (χ1n) is 12.6. The van der Waals surface area contributed by atoms with Gasteiger partial charge in [-0.25, -0.2) is 4.79 Å². The number of aliphatic hydroxyl groups excluding tert-OH is 1. The first-order chi connectivity index (χ1) is 18.8. The highest BCUT2D eigenvalue weighted by Crippen LogP contribution is 2.38. The second-order valence-corrected chi connectivity index (χ2v) is 11.2. The van der Waals surface area contributed by atoms with Crippen LogP contribution in [-0.2, 0) is 12.3 Å². The molecule has 1 unspecified atom stereocenters. The quantitative estimate of drug-likeness (QED) is 0.272. The highest BCUT2D eigenvalue weighted by molar-refractivity contribution is 7.30. The summed E-state index contributed by atoms with van der Waals surface area (Å²) in [6.45, 7) is 5.39. The van der Waals surface area contributed by atoms with Gasteiger partial charge in [0.05, 0.1) is 33.1 Å². The molecule has 0 amide bonds. The summed E-state index contributed by atoms with van der Waals surface area (Å²) in [5.74, 6) is 2.71. The molecule has 1 aliphatic heterocycles. The number of aryl methyl sites for hydroxylation is 1. The van der Waals surface area contributed by atoms with Crippen molar-refractivity contribution in [2.24, 2.45) is 4.99 Å². The molecule has 4 rings (SSSR count). The number of aliphatic hydroxyl groups is 1. The van der Waals surface area contributed by atoms with E-state index in [1.807, 2.05) is 25.1 Å². The highest BCUT2D eigenvalue weighted by Gasteiger charge is 2.27. The number of carboxylic acid groups (broad SMARTS) is 1. The summed E-state index contributed by atoms with van der Waals surface area (Å²) in [6.07, 6.45) is 0.972. The van der Waals surface area contributed by atoms with Gasteiger partial charge >= 0.3 is 10.8 Å². The summed E-state index contributed by atoms with van der Waals surface area (Å²) in [4.78, 5) is 31.9. The van der Waals surface area contributed by atoms with Crippen LogP contribution in [0.2, 0.25) is 0 Å². The van der Waals surface area contributed by atoms with Crippen molar-refractivity contribution in [1.29, 1.82) is 0 Å². The molecule has 1 aliphatic rings. The van der Waals surface area contributed by atoms with Gasteiger partial charge in [0.25, 0.3) is 10.8 Å². The van der Waals surface area contributed by atoms with E-state index >= 15 is 0 Å². The van der Waals surface area contributed by atoms with Gasteiger partial charge in [0, 0.05) is 36.2 Å². The number of methoxy groups -OCH3 is 3. The van der Waals surface area contributed by atoms with E-state index in [1.165, 1.54) is 0 Å². The number of aromatic nitrogens is 3. The smallest absolute Gasteiger partial charge is 0.391 e. The zero-order chi connectivity index (χ0) is 28.1. The Morgan fingerprint density at radius 1 is 1.15 bits per heavy atom. The molecule has 3 aromatic rings. The molecule has 0 spiro atoms. The maximum absolute atomic E-state index is 11.8. The molecule has 13 heteroatoms. The number of anilines is 2. The molecular formula is C26H35N6O6S+. The molecule has 0 saturated carbocycles. The van der Waals surface area contributed by atoms with Crippen molar-refractivity contribution in [3.05, 3.63) is 39.1 Å². The number of nitrogens with one attached hydrogen (secondary N) is 2. The number of hydrogen-bond donors (Lipinski definition) is 4. The number of benzene rings is 1. The van der Waals surface area contributed by atoms with Crippen LogP contribution in [0.1, 0.15) is 40.7 Å². The summed E-state index contributed by atoms with van der Waals surface area (Å²) in [5, 5.41) is 23.0. The lowest BCUT2D eigenvalue weighted by atomic mass is 10.1. The molecule has 0 aliphatic carbocycles. The van der Waals surface area contributed by atoms with Crippen molar-refractivity contribution in [3.8, 4) is 17.2 Å². The molecule has 12 nitrogen and oxygen atoms in total. The Kier molecular flexibility index (Phi) is 8.92. The minimum Gasteiger partial charge on any atom is -0.493 e. The van der Waals surface area contributed by atoms with Gasteiger partial charge in [-0.1, -0.05) is 0 Å². The lowest BCUT2D eigenvalue weighted by Crippen LogP contribution is -2.36. The molecule has 1 atom stereocenters. The van der Waals surface area contributed by atoms with Crippen LogP contribution in [0.3, 0.4) is 0 Å². The van der Waals surface area contributed by atoms with Gasteiger partial charge in [-0.15, -0.1) is 4.99 Å². The highest BCUT2D eigenvalue weighted by atomic mass is 32.2. The van der Waals surface area contributed by atoms with Gasteiger partial charge in [-0.05, 0) is 44.4 Å².